The first kappa shape index (κ1) is 9.94. The molecule has 0 amide bonds. The molecule has 1 heterocycles. The second-order valence-corrected chi connectivity index (χ2v) is 3.77. The van der Waals surface area contributed by atoms with Gasteiger partial charge < -0.3 is 4.90 Å². The van der Waals surface area contributed by atoms with Gasteiger partial charge in [-0.3, -0.25) is 0 Å². The van der Waals surface area contributed by atoms with E-state index in [0.29, 0.717) is 5.69 Å². The molecule has 1 fully saturated rings. The van der Waals surface area contributed by atoms with Crippen LogP contribution in [0.4, 0.5) is 11.4 Å². The zero-order valence-corrected chi connectivity index (χ0v) is 8.65. The number of isocyanates is 1. The maximum Gasteiger partial charge on any atom is 0.240 e. The number of hydrogen-bond acceptors (Lipinski definition) is 3. The quantitative estimate of drug-likeness (QED) is 0.545. The van der Waals surface area contributed by atoms with Crippen molar-refractivity contribution in [2.45, 2.75) is 19.3 Å². The van der Waals surface area contributed by atoms with Crippen molar-refractivity contribution in [3.63, 3.8) is 0 Å². The molecule has 0 unspecified atom stereocenters. The molecule has 0 saturated carbocycles. The Balaban J connectivity index is 2.19. The number of piperidine rings is 1. The Morgan fingerprint density at radius 3 is 2.73 bits per heavy atom. The van der Waals surface area contributed by atoms with Crippen LogP contribution < -0.4 is 4.90 Å². The molecule has 78 valence electrons. The summed E-state index contributed by atoms with van der Waals surface area (Å²) in [5.41, 5.74) is 1.85. The van der Waals surface area contributed by atoms with Crippen LogP contribution in [0.5, 0.6) is 0 Å². The molecule has 1 aliphatic heterocycles. The standard InChI is InChI=1S/C12H14N2O/c15-10-13-11-5-4-6-12(9-11)14-7-2-1-3-8-14/h4-6,9H,1-3,7-8H2. The van der Waals surface area contributed by atoms with E-state index in [1.54, 1.807) is 6.08 Å². The highest BCUT2D eigenvalue weighted by Crippen LogP contribution is 2.23. The minimum absolute atomic E-state index is 0.688. The van der Waals surface area contributed by atoms with E-state index in [0.717, 1.165) is 18.8 Å². The van der Waals surface area contributed by atoms with Crippen molar-refractivity contribution in [1.29, 1.82) is 0 Å². The van der Waals surface area contributed by atoms with Crippen LogP contribution in [-0.4, -0.2) is 19.2 Å². The summed E-state index contributed by atoms with van der Waals surface area (Å²) in [6.45, 7) is 2.21. The Morgan fingerprint density at radius 2 is 2.00 bits per heavy atom. The van der Waals surface area contributed by atoms with E-state index in [2.05, 4.69) is 16.0 Å². The lowest BCUT2D eigenvalue weighted by Gasteiger charge is -2.28. The molecule has 0 bridgehead atoms. The number of aliphatic imine (C=N–C) groups is 1. The molecule has 0 radical (unpaired) electrons. The van der Waals surface area contributed by atoms with Gasteiger partial charge in [0.25, 0.3) is 0 Å². The van der Waals surface area contributed by atoms with Crippen molar-refractivity contribution < 1.29 is 4.79 Å². The van der Waals surface area contributed by atoms with Crippen LogP contribution in [-0.2, 0) is 4.79 Å². The number of benzene rings is 1. The maximum atomic E-state index is 10.2. The van der Waals surface area contributed by atoms with Crippen LogP contribution in [0.15, 0.2) is 29.3 Å². The molecule has 1 saturated heterocycles. The van der Waals surface area contributed by atoms with Crippen LogP contribution in [0.3, 0.4) is 0 Å². The molecule has 3 nitrogen and oxygen atoms in total. The van der Waals surface area contributed by atoms with E-state index >= 15 is 0 Å². The number of anilines is 1. The SMILES string of the molecule is O=C=Nc1cccc(N2CCCCC2)c1. The molecule has 0 N–H and O–H groups in total. The van der Waals surface area contributed by atoms with Gasteiger partial charge in [0, 0.05) is 18.8 Å². The first-order valence-corrected chi connectivity index (χ1v) is 5.33. The number of hydrogen-bond donors (Lipinski definition) is 0. The van der Waals surface area contributed by atoms with Crippen molar-refractivity contribution >= 4 is 17.5 Å². The Hall–Kier alpha value is -1.60. The lowest BCUT2D eigenvalue weighted by molar-refractivity contribution is 0.565. The second-order valence-electron chi connectivity index (χ2n) is 3.77. The van der Waals surface area contributed by atoms with Crippen molar-refractivity contribution in [3.8, 4) is 0 Å². The topological polar surface area (TPSA) is 32.7 Å². The normalized spacial score (nSPS) is 15.9. The summed E-state index contributed by atoms with van der Waals surface area (Å²) < 4.78 is 0. The van der Waals surface area contributed by atoms with Crippen molar-refractivity contribution in [2.75, 3.05) is 18.0 Å². The zero-order chi connectivity index (χ0) is 10.5. The molecule has 3 heteroatoms. The second kappa shape index (κ2) is 4.76. The monoisotopic (exact) mass is 202 g/mol. The van der Waals surface area contributed by atoms with Gasteiger partial charge in [-0.2, -0.15) is 4.99 Å². The highest BCUT2D eigenvalue weighted by molar-refractivity contribution is 5.58. The van der Waals surface area contributed by atoms with Gasteiger partial charge in [-0.05, 0) is 37.5 Å². The Morgan fingerprint density at radius 1 is 1.20 bits per heavy atom. The number of carbonyl (C=O) groups excluding carboxylic acids is 1. The molecule has 1 aliphatic rings. The predicted molar refractivity (Wildman–Crippen MR) is 60.3 cm³/mol. The fourth-order valence-electron chi connectivity index (χ4n) is 1.96. The molecule has 1 aromatic rings. The van der Waals surface area contributed by atoms with Crippen molar-refractivity contribution in [3.05, 3.63) is 24.3 Å². The molecular weight excluding hydrogens is 188 g/mol. The van der Waals surface area contributed by atoms with Gasteiger partial charge in [-0.25, -0.2) is 4.79 Å². The van der Waals surface area contributed by atoms with Crippen LogP contribution in [0.2, 0.25) is 0 Å². The molecule has 15 heavy (non-hydrogen) atoms. The summed E-state index contributed by atoms with van der Waals surface area (Å²) in [5, 5.41) is 0. The van der Waals surface area contributed by atoms with Crippen LogP contribution in [0.25, 0.3) is 0 Å². The van der Waals surface area contributed by atoms with Crippen molar-refractivity contribution in [1.82, 2.24) is 0 Å². The average Bonchev–Trinajstić information content (AvgIpc) is 2.31. The number of rotatable bonds is 2. The summed E-state index contributed by atoms with van der Waals surface area (Å²) in [5.74, 6) is 0. The molecule has 0 aliphatic carbocycles. The smallest absolute Gasteiger partial charge is 0.240 e. The van der Waals surface area contributed by atoms with Gasteiger partial charge in [-0.1, -0.05) is 6.07 Å². The van der Waals surface area contributed by atoms with E-state index in [1.165, 1.54) is 19.3 Å². The minimum Gasteiger partial charge on any atom is -0.371 e. The summed E-state index contributed by atoms with van der Waals surface area (Å²) >= 11 is 0. The lowest BCUT2D eigenvalue weighted by Crippen LogP contribution is -2.29. The lowest BCUT2D eigenvalue weighted by atomic mass is 10.1. The Kier molecular flexibility index (Phi) is 3.15. The highest BCUT2D eigenvalue weighted by Gasteiger charge is 2.10. The summed E-state index contributed by atoms with van der Waals surface area (Å²) in [6.07, 6.45) is 5.40. The molecule has 0 aromatic heterocycles. The molecule has 2 rings (SSSR count). The van der Waals surface area contributed by atoms with E-state index < -0.39 is 0 Å². The van der Waals surface area contributed by atoms with Gasteiger partial charge >= 0.3 is 0 Å². The first-order valence-electron chi connectivity index (χ1n) is 5.33. The van der Waals surface area contributed by atoms with E-state index in [1.807, 2.05) is 18.2 Å². The fraction of sp³-hybridized carbons (Fsp3) is 0.417. The van der Waals surface area contributed by atoms with Gasteiger partial charge in [0.1, 0.15) is 0 Å². The third-order valence-electron chi connectivity index (χ3n) is 2.73. The van der Waals surface area contributed by atoms with Gasteiger partial charge in [0.2, 0.25) is 6.08 Å². The maximum absolute atomic E-state index is 10.2. The van der Waals surface area contributed by atoms with Gasteiger partial charge in [0.05, 0.1) is 5.69 Å². The zero-order valence-electron chi connectivity index (χ0n) is 8.65. The molecular formula is C12H14N2O. The first-order chi connectivity index (χ1) is 7.40. The molecule has 1 aromatic carbocycles. The minimum atomic E-state index is 0.688. The molecule has 0 spiro atoms. The third kappa shape index (κ3) is 2.45. The van der Waals surface area contributed by atoms with E-state index in [4.69, 9.17) is 0 Å². The van der Waals surface area contributed by atoms with E-state index in [9.17, 15) is 4.79 Å². The Bertz CT molecular complexity index is 377. The van der Waals surface area contributed by atoms with Crippen LogP contribution >= 0.6 is 0 Å². The van der Waals surface area contributed by atoms with Crippen molar-refractivity contribution in [2.24, 2.45) is 4.99 Å². The average molecular weight is 202 g/mol. The van der Waals surface area contributed by atoms with Gasteiger partial charge in [-0.15, -0.1) is 0 Å². The summed E-state index contributed by atoms with van der Waals surface area (Å²) in [4.78, 5) is 16.1. The number of nitrogens with zero attached hydrogens (tertiary/aromatic N) is 2. The largest absolute Gasteiger partial charge is 0.371 e. The summed E-state index contributed by atoms with van der Waals surface area (Å²) in [7, 11) is 0. The third-order valence-corrected chi connectivity index (χ3v) is 2.73. The predicted octanol–water partition coefficient (Wildman–Crippen LogP) is 2.64. The fourth-order valence-corrected chi connectivity index (χ4v) is 1.96. The van der Waals surface area contributed by atoms with Crippen LogP contribution in [0, 0.1) is 0 Å². The van der Waals surface area contributed by atoms with Crippen LogP contribution in [0.1, 0.15) is 19.3 Å². The van der Waals surface area contributed by atoms with Gasteiger partial charge in [0.15, 0.2) is 0 Å². The highest BCUT2D eigenvalue weighted by atomic mass is 16.1. The van der Waals surface area contributed by atoms with E-state index in [-0.39, 0.29) is 0 Å². The molecule has 0 atom stereocenters. The summed E-state index contributed by atoms with van der Waals surface area (Å²) in [6, 6.07) is 7.75. The Labute approximate surface area is 89.4 Å².